The van der Waals surface area contributed by atoms with Crippen LogP contribution in [0.2, 0.25) is 0 Å². The van der Waals surface area contributed by atoms with E-state index in [2.05, 4.69) is 67.4 Å². The van der Waals surface area contributed by atoms with Gasteiger partial charge in [0, 0.05) is 49.4 Å². The second-order valence-corrected chi connectivity index (χ2v) is 16.2. The van der Waals surface area contributed by atoms with Gasteiger partial charge in [-0.05, 0) is 94.6 Å². The van der Waals surface area contributed by atoms with Gasteiger partial charge in [-0.2, -0.15) is 0 Å². The van der Waals surface area contributed by atoms with E-state index in [9.17, 15) is 9.59 Å². The van der Waals surface area contributed by atoms with E-state index in [4.69, 9.17) is 28.4 Å². The number of methoxy groups -OCH3 is 6. The Morgan fingerprint density at radius 3 is 1.44 bits per heavy atom. The molecular formula is C52H68N4O8. The summed E-state index contributed by atoms with van der Waals surface area (Å²) in [5.74, 6) is 2.76. The molecule has 4 aromatic carbocycles. The molecule has 2 amide bonds. The van der Waals surface area contributed by atoms with E-state index in [0.717, 1.165) is 61.2 Å². The van der Waals surface area contributed by atoms with E-state index in [1.54, 1.807) is 66.9 Å². The van der Waals surface area contributed by atoms with Crippen LogP contribution in [0.5, 0.6) is 34.5 Å². The number of hydrogen-bond acceptors (Lipinski definition) is 10. The molecule has 2 heterocycles. The molecule has 1 N–H and O–H groups in total. The fourth-order valence-corrected chi connectivity index (χ4v) is 8.52. The molecule has 2 aliphatic heterocycles. The van der Waals surface area contributed by atoms with E-state index in [-0.39, 0.29) is 11.8 Å². The maximum Gasteiger partial charge on any atom is 0.254 e. The van der Waals surface area contributed by atoms with Crippen LogP contribution in [0.1, 0.15) is 78.3 Å². The first-order chi connectivity index (χ1) is 31.0. The number of rotatable bonds is 19. The van der Waals surface area contributed by atoms with Crippen molar-refractivity contribution < 1.29 is 38.0 Å². The molecule has 2 saturated heterocycles. The summed E-state index contributed by atoms with van der Waals surface area (Å²) in [7, 11) is 9.35. The Morgan fingerprint density at radius 2 is 1.06 bits per heavy atom. The van der Waals surface area contributed by atoms with Crippen molar-refractivity contribution in [1.29, 1.82) is 0 Å². The highest BCUT2D eigenvalue weighted by atomic mass is 16.5. The van der Waals surface area contributed by atoms with E-state index in [1.807, 2.05) is 46.2 Å². The minimum absolute atomic E-state index is 0.0435. The zero-order valence-corrected chi connectivity index (χ0v) is 39.3. The summed E-state index contributed by atoms with van der Waals surface area (Å²) >= 11 is 0. The summed E-state index contributed by atoms with van der Waals surface area (Å²) < 4.78 is 32.7. The Morgan fingerprint density at radius 1 is 0.625 bits per heavy atom. The average Bonchev–Trinajstić information content (AvgIpc) is 4.02. The Bertz CT molecular complexity index is 2120. The Hall–Kier alpha value is -5.98. The Kier molecular flexibility index (Phi) is 19.0. The number of hydrogen-bond donors (Lipinski definition) is 1. The number of amides is 2. The molecule has 2 aliphatic rings. The highest BCUT2D eigenvalue weighted by molar-refractivity contribution is 5.96. The van der Waals surface area contributed by atoms with Crippen LogP contribution in [0.3, 0.4) is 0 Å². The van der Waals surface area contributed by atoms with Crippen molar-refractivity contribution in [2.45, 2.75) is 58.5 Å². The molecule has 2 fully saturated rings. The van der Waals surface area contributed by atoms with Gasteiger partial charge in [0.05, 0.1) is 42.7 Å². The number of carbonyl (C=O) groups is 2. The first-order valence-electron chi connectivity index (χ1n) is 22.2. The van der Waals surface area contributed by atoms with Gasteiger partial charge in [-0.25, -0.2) is 0 Å². The number of ether oxygens (including phenoxy) is 6. The van der Waals surface area contributed by atoms with Gasteiger partial charge in [0.25, 0.3) is 11.8 Å². The molecule has 0 aliphatic carbocycles. The van der Waals surface area contributed by atoms with Crippen LogP contribution in [-0.2, 0) is 0 Å². The number of nitrogens with one attached hydrogen (secondary N) is 1. The molecule has 2 unspecified atom stereocenters. The molecule has 12 heteroatoms. The molecule has 0 radical (unpaired) electrons. The fraction of sp³-hybridized carbons (Fsp3) is 0.423. The molecule has 4 aromatic rings. The average molecular weight is 877 g/mol. The Balaban J connectivity index is 0.000000241. The van der Waals surface area contributed by atoms with Gasteiger partial charge in [0.1, 0.15) is 0 Å². The second kappa shape index (κ2) is 24.8. The van der Waals surface area contributed by atoms with Gasteiger partial charge in [-0.3, -0.25) is 14.5 Å². The molecule has 12 nitrogen and oxygen atoms in total. The third-order valence-electron chi connectivity index (χ3n) is 11.6. The van der Waals surface area contributed by atoms with Gasteiger partial charge < -0.3 is 43.5 Å². The lowest BCUT2D eigenvalue weighted by Crippen LogP contribution is -2.43. The van der Waals surface area contributed by atoms with E-state index in [0.29, 0.717) is 83.9 Å². The van der Waals surface area contributed by atoms with Crippen LogP contribution < -0.4 is 33.7 Å². The van der Waals surface area contributed by atoms with Crippen molar-refractivity contribution in [2.75, 3.05) is 88.5 Å². The molecule has 64 heavy (non-hydrogen) atoms. The smallest absolute Gasteiger partial charge is 0.254 e. The lowest BCUT2D eigenvalue weighted by Gasteiger charge is -2.31. The van der Waals surface area contributed by atoms with Crippen LogP contribution in [0, 0.1) is 0 Å². The van der Waals surface area contributed by atoms with Gasteiger partial charge in [0.15, 0.2) is 23.0 Å². The maximum absolute atomic E-state index is 13.8. The normalized spacial score (nSPS) is 16.3. The lowest BCUT2D eigenvalue weighted by atomic mass is 10.1. The minimum atomic E-state index is -0.0613. The van der Waals surface area contributed by atoms with Crippen LogP contribution in [0.25, 0.3) is 12.2 Å². The summed E-state index contributed by atoms with van der Waals surface area (Å²) in [5.41, 5.74) is 5.54. The summed E-state index contributed by atoms with van der Waals surface area (Å²) in [6.07, 6.45) is 8.74. The largest absolute Gasteiger partial charge is 0.493 e. The molecule has 0 saturated carbocycles. The van der Waals surface area contributed by atoms with Crippen molar-refractivity contribution >= 4 is 24.0 Å². The van der Waals surface area contributed by atoms with Crippen molar-refractivity contribution in [3.63, 3.8) is 0 Å². The molecule has 6 rings (SSSR count). The number of likely N-dealkylation sites (N-methyl/N-ethyl adjacent to an activating group) is 1. The highest BCUT2D eigenvalue weighted by Gasteiger charge is 2.29. The monoisotopic (exact) mass is 877 g/mol. The summed E-state index contributed by atoms with van der Waals surface area (Å²) in [4.78, 5) is 33.7. The summed E-state index contributed by atoms with van der Waals surface area (Å²) in [6.45, 7) is 11.8. The van der Waals surface area contributed by atoms with Gasteiger partial charge in [-0.1, -0.05) is 90.9 Å². The van der Waals surface area contributed by atoms with Gasteiger partial charge >= 0.3 is 0 Å². The van der Waals surface area contributed by atoms with Crippen LogP contribution in [0.15, 0.2) is 96.1 Å². The van der Waals surface area contributed by atoms with Crippen molar-refractivity contribution in [1.82, 2.24) is 20.0 Å². The van der Waals surface area contributed by atoms with E-state index < -0.39 is 0 Å². The third kappa shape index (κ3) is 13.3. The predicted octanol–water partition coefficient (Wildman–Crippen LogP) is 8.75. The molecule has 0 spiro atoms. The van der Waals surface area contributed by atoms with Crippen LogP contribution in [0.4, 0.5) is 0 Å². The van der Waals surface area contributed by atoms with Gasteiger partial charge in [-0.15, -0.1) is 0 Å². The van der Waals surface area contributed by atoms with Crippen molar-refractivity contribution in [2.24, 2.45) is 0 Å². The van der Waals surface area contributed by atoms with E-state index >= 15 is 0 Å². The number of likely N-dealkylation sites (tertiary alicyclic amines) is 1. The Labute approximate surface area is 380 Å². The molecule has 0 aromatic heterocycles. The first kappa shape index (κ1) is 49.0. The van der Waals surface area contributed by atoms with Crippen molar-refractivity contribution in [3.05, 3.63) is 118 Å². The third-order valence-corrected chi connectivity index (χ3v) is 11.6. The van der Waals surface area contributed by atoms with Gasteiger partial charge in [0.2, 0.25) is 11.5 Å². The fourth-order valence-electron chi connectivity index (χ4n) is 8.52. The number of benzene rings is 4. The van der Waals surface area contributed by atoms with Crippen LogP contribution >= 0.6 is 0 Å². The first-order valence-corrected chi connectivity index (χ1v) is 22.2. The van der Waals surface area contributed by atoms with E-state index in [1.165, 1.54) is 6.42 Å². The van der Waals surface area contributed by atoms with Crippen molar-refractivity contribution in [3.8, 4) is 34.5 Å². The predicted molar refractivity (Wildman–Crippen MR) is 255 cm³/mol. The number of nitrogens with zero attached hydrogens (tertiary/aromatic N) is 3. The zero-order valence-electron chi connectivity index (χ0n) is 39.3. The summed E-state index contributed by atoms with van der Waals surface area (Å²) in [5, 5.41) is 3.50. The number of carbonyl (C=O) groups excluding carboxylic acids is 2. The molecule has 0 bridgehead atoms. The SMILES string of the molecule is CCN1CCCC1CN(C/C(C)=C/c1ccccc1)C(=O)c1cc(OC)c(OC)c(OC)c1.COc1cc(C(=O)N(C/C(C)=C/c2ccccc2)CC2CCCN2)cc(OC)c1OC. The molecular weight excluding hydrogens is 809 g/mol. The second-order valence-electron chi connectivity index (χ2n) is 16.2. The topological polar surface area (TPSA) is 111 Å². The summed E-state index contributed by atoms with van der Waals surface area (Å²) in [6, 6.07) is 27.9. The maximum atomic E-state index is 13.8. The standard InChI is InChI=1S/C27H36N2O4.C25H32N2O4/c1-6-28-14-10-13-23(28)19-29(18-20(2)15-21-11-8-7-9-12-21)27(30)22-16-24(31-3)26(33-5)25(17-22)32-4;1-18(13-19-9-6-5-7-10-19)16-27(17-21-11-8-12-26-21)25(28)20-14-22(29-2)24(31-4)23(15-20)30-3/h7-9,11-12,15-17,23H,6,10,13-14,18-19H2,1-5H3;5-7,9-10,13-15,21,26H,8,11-12,16-17H2,1-4H3/b20-15+;18-13+. The molecule has 2 atom stereocenters. The highest BCUT2D eigenvalue weighted by Crippen LogP contribution is 2.40. The lowest BCUT2D eigenvalue weighted by molar-refractivity contribution is 0.0722. The zero-order chi connectivity index (χ0) is 46.0. The quantitative estimate of drug-likeness (QED) is 0.0982. The minimum Gasteiger partial charge on any atom is -0.493 e. The van der Waals surface area contributed by atoms with Crippen LogP contribution in [-0.4, -0.2) is 127 Å². The molecule has 344 valence electrons.